The summed E-state index contributed by atoms with van der Waals surface area (Å²) in [5.74, 6) is -2.58. The van der Waals surface area contributed by atoms with Crippen molar-refractivity contribution in [2.75, 3.05) is 6.54 Å². The summed E-state index contributed by atoms with van der Waals surface area (Å²) < 4.78 is 13.2. The van der Waals surface area contributed by atoms with Gasteiger partial charge in [-0.1, -0.05) is 13.0 Å². The number of carbonyl (C=O) groups excluding carboxylic acids is 1. The van der Waals surface area contributed by atoms with Gasteiger partial charge >= 0.3 is 5.97 Å². The molecule has 0 saturated heterocycles. The quantitative estimate of drug-likeness (QED) is 0.838. The molecular weight excluding hydrogens is 225 g/mol. The van der Waals surface area contributed by atoms with Crippen molar-refractivity contribution in [1.82, 2.24) is 5.32 Å². The predicted molar refractivity (Wildman–Crippen MR) is 60.3 cm³/mol. The lowest BCUT2D eigenvalue weighted by atomic mass is 10.1. The van der Waals surface area contributed by atoms with Crippen LogP contribution in [0, 0.1) is 18.7 Å². The molecule has 0 aliphatic rings. The number of carbonyl (C=O) groups is 2. The molecule has 0 heterocycles. The molecule has 1 aromatic rings. The molecule has 0 spiro atoms. The second kappa shape index (κ2) is 5.43. The average Bonchev–Trinajstić information content (AvgIpc) is 2.29. The highest BCUT2D eigenvalue weighted by atomic mass is 19.1. The molecule has 1 rings (SSSR count). The van der Waals surface area contributed by atoms with Crippen molar-refractivity contribution >= 4 is 11.9 Å². The van der Waals surface area contributed by atoms with E-state index in [2.05, 4.69) is 5.32 Å². The first kappa shape index (κ1) is 13.2. The molecular formula is C12H14FNO3. The van der Waals surface area contributed by atoms with E-state index in [0.717, 1.165) is 0 Å². The lowest BCUT2D eigenvalue weighted by molar-refractivity contribution is -0.140. The van der Waals surface area contributed by atoms with Crippen molar-refractivity contribution in [3.05, 3.63) is 35.1 Å². The lowest BCUT2D eigenvalue weighted by Gasteiger charge is -2.10. The van der Waals surface area contributed by atoms with Gasteiger partial charge < -0.3 is 10.4 Å². The van der Waals surface area contributed by atoms with Gasteiger partial charge in [0.2, 0.25) is 0 Å². The van der Waals surface area contributed by atoms with Gasteiger partial charge in [-0.2, -0.15) is 0 Å². The van der Waals surface area contributed by atoms with Crippen molar-refractivity contribution in [3.8, 4) is 0 Å². The summed E-state index contributed by atoms with van der Waals surface area (Å²) in [4.78, 5) is 22.2. The Morgan fingerprint density at radius 2 is 2.12 bits per heavy atom. The van der Waals surface area contributed by atoms with E-state index in [1.807, 2.05) is 0 Å². The van der Waals surface area contributed by atoms with Crippen LogP contribution >= 0.6 is 0 Å². The summed E-state index contributed by atoms with van der Waals surface area (Å²) in [6.45, 7) is 3.01. The number of carboxylic acid groups (broad SMARTS) is 1. The fourth-order valence-electron chi connectivity index (χ4n) is 1.28. The van der Waals surface area contributed by atoms with E-state index >= 15 is 0 Å². The number of halogens is 1. The van der Waals surface area contributed by atoms with Crippen LogP contribution in [-0.2, 0) is 4.79 Å². The largest absolute Gasteiger partial charge is 0.481 e. The van der Waals surface area contributed by atoms with Gasteiger partial charge in [0, 0.05) is 12.1 Å². The molecule has 17 heavy (non-hydrogen) atoms. The van der Waals surface area contributed by atoms with E-state index in [1.165, 1.54) is 32.0 Å². The Balaban J connectivity index is 2.71. The van der Waals surface area contributed by atoms with Crippen molar-refractivity contribution in [3.63, 3.8) is 0 Å². The van der Waals surface area contributed by atoms with Gasteiger partial charge in [0.05, 0.1) is 5.92 Å². The second-order valence-electron chi connectivity index (χ2n) is 3.86. The minimum Gasteiger partial charge on any atom is -0.481 e. The number of nitrogens with one attached hydrogen (secondary N) is 1. The molecule has 0 fully saturated rings. The van der Waals surface area contributed by atoms with Crippen molar-refractivity contribution in [1.29, 1.82) is 0 Å². The topological polar surface area (TPSA) is 66.4 Å². The second-order valence-corrected chi connectivity index (χ2v) is 3.86. The van der Waals surface area contributed by atoms with Gasteiger partial charge in [0.1, 0.15) is 5.82 Å². The Hall–Kier alpha value is -1.91. The number of carboxylic acids is 1. The first-order chi connectivity index (χ1) is 7.93. The highest BCUT2D eigenvalue weighted by Crippen LogP contribution is 2.11. The molecule has 0 bridgehead atoms. The van der Waals surface area contributed by atoms with Crippen molar-refractivity contribution in [2.24, 2.45) is 5.92 Å². The summed E-state index contributed by atoms with van der Waals surface area (Å²) in [7, 11) is 0. The third-order valence-electron chi connectivity index (χ3n) is 2.50. The maximum Gasteiger partial charge on any atom is 0.308 e. The molecule has 0 aliphatic carbocycles. The zero-order valence-electron chi connectivity index (χ0n) is 9.66. The highest BCUT2D eigenvalue weighted by molar-refractivity contribution is 5.95. The molecule has 5 heteroatoms. The van der Waals surface area contributed by atoms with Gasteiger partial charge in [-0.05, 0) is 24.6 Å². The van der Waals surface area contributed by atoms with E-state index in [-0.39, 0.29) is 17.7 Å². The predicted octanol–water partition coefficient (Wildman–Crippen LogP) is 1.58. The van der Waals surface area contributed by atoms with E-state index in [4.69, 9.17) is 5.11 Å². The normalized spacial score (nSPS) is 11.9. The minimum absolute atomic E-state index is 0.0180. The third kappa shape index (κ3) is 3.27. The average molecular weight is 239 g/mol. The first-order valence-corrected chi connectivity index (χ1v) is 5.19. The maximum atomic E-state index is 13.2. The van der Waals surface area contributed by atoms with Crippen LogP contribution in [0.3, 0.4) is 0 Å². The maximum absolute atomic E-state index is 13.2. The Morgan fingerprint density at radius 1 is 1.47 bits per heavy atom. The van der Waals surface area contributed by atoms with Gasteiger partial charge in [-0.25, -0.2) is 4.39 Å². The molecule has 0 aromatic heterocycles. The summed E-state index contributed by atoms with van der Waals surface area (Å²) in [6, 6.07) is 4.21. The highest BCUT2D eigenvalue weighted by Gasteiger charge is 2.15. The monoisotopic (exact) mass is 239 g/mol. The van der Waals surface area contributed by atoms with E-state index < -0.39 is 23.6 Å². The van der Waals surface area contributed by atoms with Crippen molar-refractivity contribution < 1.29 is 19.1 Å². The van der Waals surface area contributed by atoms with E-state index in [9.17, 15) is 14.0 Å². The van der Waals surface area contributed by atoms with Crippen LogP contribution in [0.4, 0.5) is 4.39 Å². The smallest absolute Gasteiger partial charge is 0.308 e. The standard InChI is InChI=1S/C12H14FNO3/c1-7(12(16)17)6-14-11(15)9-4-3-5-10(13)8(9)2/h3-5,7H,6H2,1-2H3,(H,14,15)(H,16,17). The molecule has 4 nitrogen and oxygen atoms in total. The molecule has 92 valence electrons. The zero-order valence-corrected chi connectivity index (χ0v) is 9.66. The number of aliphatic carboxylic acids is 1. The molecule has 0 aliphatic heterocycles. The van der Waals surface area contributed by atoms with E-state index in [1.54, 1.807) is 0 Å². The lowest BCUT2D eigenvalue weighted by Crippen LogP contribution is -2.31. The summed E-state index contributed by atoms with van der Waals surface area (Å²) in [6.07, 6.45) is 0. The zero-order chi connectivity index (χ0) is 13.0. The number of rotatable bonds is 4. The Labute approximate surface area is 98.5 Å². The fraction of sp³-hybridized carbons (Fsp3) is 0.333. The molecule has 2 N–H and O–H groups in total. The number of amides is 1. The van der Waals surface area contributed by atoms with Crippen LogP contribution in [-0.4, -0.2) is 23.5 Å². The SMILES string of the molecule is Cc1c(F)cccc1C(=O)NCC(C)C(=O)O. The third-order valence-corrected chi connectivity index (χ3v) is 2.50. The van der Waals surface area contributed by atoms with Crippen LogP contribution < -0.4 is 5.32 Å². The summed E-state index contributed by atoms with van der Waals surface area (Å²) >= 11 is 0. The fourth-order valence-corrected chi connectivity index (χ4v) is 1.28. The van der Waals surface area contributed by atoms with Gasteiger partial charge in [0.15, 0.2) is 0 Å². The minimum atomic E-state index is -0.985. The van der Waals surface area contributed by atoms with Crippen LogP contribution in [0.25, 0.3) is 0 Å². The summed E-state index contributed by atoms with van der Waals surface area (Å²) in [5.41, 5.74) is 0.482. The Bertz CT molecular complexity index is 445. The van der Waals surface area contributed by atoms with Crippen LogP contribution in [0.1, 0.15) is 22.8 Å². The van der Waals surface area contributed by atoms with Gasteiger partial charge in [0.25, 0.3) is 5.91 Å². The Morgan fingerprint density at radius 3 is 2.71 bits per heavy atom. The molecule has 0 radical (unpaired) electrons. The molecule has 1 amide bonds. The molecule has 1 unspecified atom stereocenters. The summed E-state index contributed by atoms with van der Waals surface area (Å²) in [5, 5.41) is 11.1. The van der Waals surface area contributed by atoms with Crippen LogP contribution in [0.15, 0.2) is 18.2 Å². The van der Waals surface area contributed by atoms with Crippen molar-refractivity contribution in [2.45, 2.75) is 13.8 Å². The van der Waals surface area contributed by atoms with Crippen LogP contribution in [0.2, 0.25) is 0 Å². The van der Waals surface area contributed by atoms with E-state index in [0.29, 0.717) is 0 Å². The number of hydrogen-bond acceptors (Lipinski definition) is 2. The number of hydrogen-bond donors (Lipinski definition) is 2. The van der Waals surface area contributed by atoms with Gasteiger partial charge in [-0.15, -0.1) is 0 Å². The first-order valence-electron chi connectivity index (χ1n) is 5.19. The Kier molecular flexibility index (Phi) is 4.20. The molecule has 1 atom stereocenters. The van der Waals surface area contributed by atoms with Gasteiger partial charge in [-0.3, -0.25) is 9.59 Å². The molecule has 0 saturated carbocycles. The van der Waals surface area contributed by atoms with Crippen LogP contribution in [0.5, 0.6) is 0 Å². The number of benzene rings is 1. The molecule has 1 aromatic carbocycles.